The number of carbonyl (C=O) groups excluding carboxylic acids is 1. The van der Waals surface area contributed by atoms with E-state index in [1.165, 1.54) is 18.2 Å². The smallest absolute Gasteiger partial charge is 0.387 e. The van der Waals surface area contributed by atoms with Crippen molar-refractivity contribution in [3.8, 4) is 5.75 Å². The zero-order chi connectivity index (χ0) is 16.1. The van der Waals surface area contributed by atoms with Gasteiger partial charge in [-0.3, -0.25) is 4.79 Å². The number of anilines is 1. The normalized spacial score (nSPS) is 10.8. The van der Waals surface area contributed by atoms with Crippen molar-refractivity contribution in [1.82, 2.24) is 0 Å². The number of alkyl halides is 2. The molecule has 2 aromatic carbocycles. The third kappa shape index (κ3) is 4.04. The third-order valence-corrected chi connectivity index (χ3v) is 3.15. The van der Waals surface area contributed by atoms with E-state index in [-0.39, 0.29) is 23.1 Å². The summed E-state index contributed by atoms with van der Waals surface area (Å²) in [6.07, 6.45) is 0. The number of rotatable bonds is 5. The highest BCUT2D eigenvalue weighted by Gasteiger charge is 2.12. The molecule has 3 nitrogen and oxygen atoms in total. The minimum Gasteiger partial charge on any atom is -0.435 e. The van der Waals surface area contributed by atoms with Crippen molar-refractivity contribution < 1.29 is 18.3 Å². The van der Waals surface area contributed by atoms with Crippen molar-refractivity contribution in [3.63, 3.8) is 0 Å². The predicted octanol–water partition coefficient (Wildman–Crippen LogP) is 4.66. The molecule has 0 aromatic heterocycles. The van der Waals surface area contributed by atoms with Gasteiger partial charge in [-0.1, -0.05) is 38.1 Å². The summed E-state index contributed by atoms with van der Waals surface area (Å²) >= 11 is 0. The molecule has 1 amide bonds. The number of nitrogens with one attached hydrogen (secondary N) is 1. The summed E-state index contributed by atoms with van der Waals surface area (Å²) in [5.41, 5.74) is 1.98. The van der Waals surface area contributed by atoms with Gasteiger partial charge in [0, 0.05) is 11.3 Å². The summed E-state index contributed by atoms with van der Waals surface area (Å²) in [6, 6.07) is 13.2. The monoisotopic (exact) mass is 305 g/mol. The third-order valence-electron chi connectivity index (χ3n) is 3.15. The van der Waals surface area contributed by atoms with Crippen LogP contribution in [-0.4, -0.2) is 12.5 Å². The lowest BCUT2D eigenvalue weighted by molar-refractivity contribution is -0.0498. The van der Waals surface area contributed by atoms with Crippen LogP contribution in [0.25, 0.3) is 0 Å². The van der Waals surface area contributed by atoms with Crippen LogP contribution < -0.4 is 10.1 Å². The van der Waals surface area contributed by atoms with Crippen LogP contribution in [-0.2, 0) is 0 Å². The molecule has 116 valence electrons. The maximum absolute atomic E-state index is 12.3. The Kier molecular flexibility index (Phi) is 5.09. The Morgan fingerprint density at radius 3 is 2.50 bits per heavy atom. The van der Waals surface area contributed by atoms with Gasteiger partial charge in [-0.15, -0.1) is 0 Å². The van der Waals surface area contributed by atoms with E-state index in [1.54, 1.807) is 6.07 Å². The van der Waals surface area contributed by atoms with E-state index in [1.807, 2.05) is 38.1 Å². The standard InChI is InChI=1S/C17H17F2NO2/c1-11(2)14-8-3-4-9-15(14)20-16(21)12-6-5-7-13(10-12)22-17(18)19/h3-11,17H,1-2H3,(H,20,21). The molecule has 0 spiro atoms. The van der Waals surface area contributed by atoms with Crippen LogP contribution in [0.2, 0.25) is 0 Å². The number of hydrogen-bond donors (Lipinski definition) is 1. The van der Waals surface area contributed by atoms with Gasteiger partial charge in [0.2, 0.25) is 0 Å². The topological polar surface area (TPSA) is 38.3 Å². The number of halogens is 2. The molecule has 0 unspecified atom stereocenters. The maximum Gasteiger partial charge on any atom is 0.387 e. The Labute approximate surface area is 127 Å². The van der Waals surface area contributed by atoms with Crippen LogP contribution in [0.5, 0.6) is 5.75 Å². The molecule has 0 heterocycles. The minimum absolute atomic E-state index is 0.0419. The second-order valence-corrected chi connectivity index (χ2v) is 5.10. The van der Waals surface area contributed by atoms with Crippen LogP contribution in [0.4, 0.5) is 14.5 Å². The van der Waals surface area contributed by atoms with Gasteiger partial charge < -0.3 is 10.1 Å². The summed E-state index contributed by atoms with van der Waals surface area (Å²) in [5.74, 6) is -0.155. The van der Waals surface area contributed by atoms with Crippen LogP contribution in [0.3, 0.4) is 0 Å². The maximum atomic E-state index is 12.3. The fourth-order valence-corrected chi connectivity index (χ4v) is 2.12. The first-order chi connectivity index (χ1) is 10.5. The van der Waals surface area contributed by atoms with Gasteiger partial charge in [-0.2, -0.15) is 8.78 Å². The van der Waals surface area contributed by atoms with E-state index in [2.05, 4.69) is 10.1 Å². The summed E-state index contributed by atoms with van der Waals surface area (Å²) < 4.78 is 28.7. The first-order valence-corrected chi connectivity index (χ1v) is 6.92. The average Bonchev–Trinajstić information content (AvgIpc) is 2.47. The van der Waals surface area contributed by atoms with Crippen molar-refractivity contribution in [2.24, 2.45) is 0 Å². The molecule has 0 atom stereocenters. The second kappa shape index (κ2) is 7.02. The molecule has 0 saturated carbocycles. The zero-order valence-electron chi connectivity index (χ0n) is 12.3. The molecule has 0 saturated heterocycles. The summed E-state index contributed by atoms with van der Waals surface area (Å²) in [6.45, 7) is 1.14. The first-order valence-electron chi connectivity index (χ1n) is 6.92. The van der Waals surface area contributed by atoms with E-state index < -0.39 is 6.61 Å². The number of amides is 1. The van der Waals surface area contributed by atoms with Gasteiger partial charge in [-0.25, -0.2) is 0 Å². The highest BCUT2D eigenvalue weighted by Crippen LogP contribution is 2.24. The van der Waals surface area contributed by atoms with Gasteiger partial charge in [-0.05, 0) is 35.7 Å². The first kappa shape index (κ1) is 15.9. The Hall–Kier alpha value is -2.43. The molecule has 2 rings (SSSR count). The number of ether oxygens (including phenoxy) is 1. The van der Waals surface area contributed by atoms with E-state index in [4.69, 9.17) is 0 Å². The van der Waals surface area contributed by atoms with Crippen LogP contribution >= 0.6 is 0 Å². The summed E-state index contributed by atoms with van der Waals surface area (Å²) in [4.78, 5) is 12.3. The molecule has 2 aromatic rings. The average molecular weight is 305 g/mol. The van der Waals surface area contributed by atoms with Gasteiger partial charge in [0.05, 0.1) is 0 Å². The van der Waals surface area contributed by atoms with Crippen LogP contribution in [0.15, 0.2) is 48.5 Å². The van der Waals surface area contributed by atoms with E-state index in [0.29, 0.717) is 5.69 Å². The van der Waals surface area contributed by atoms with Gasteiger partial charge >= 0.3 is 6.61 Å². The molecule has 0 aliphatic rings. The highest BCUT2D eigenvalue weighted by molar-refractivity contribution is 6.04. The molecule has 0 fully saturated rings. The Morgan fingerprint density at radius 2 is 1.82 bits per heavy atom. The molecule has 0 bridgehead atoms. The lowest BCUT2D eigenvalue weighted by atomic mass is 10.0. The highest BCUT2D eigenvalue weighted by atomic mass is 19.3. The Balaban J connectivity index is 2.19. The molecule has 0 aliphatic carbocycles. The van der Waals surface area contributed by atoms with Crippen molar-refractivity contribution >= 4 is 11.6 Å². The SMILES string of the molecule is CC(C)c1ccccc1NC(=O)c1cccc(OC(F)F)c1. The number of benzene rings is 2. The van der Waals surface area contributed by atoms with Gasteiger partial charge in [0.25, 0.3) is 5.91 Å². The summed E-state index contributed by atoms with van der Waals surface area (Å²) in [5, 5.41) is 2.81. The Bertz CT molecular complexity index is 657. The predicted molar refractivity (Wildman–Crippen MR) is 81.6 cm³/mol. The van der Waals surface area contributed by atoms with E-state index in [0.717, 1.165) is 5.56 Å². The van der Waals surface area contributed by atoms with Crippen molar-refractivity contribution in [3.05, 3.63) is 59.7 Å². The molecule has 1 N–H and O–H groups in total. The molecule has 22 heavy (non-hydrogen) atoms. The van der Waals surface area contributed by atoms with E-state index >= 15 is 0 Å². The largest absolute Gasteiger partial charge is 0.435 e. The zero-order valence-corrected chi connectivity index (χ0v) is 12.3. The fraction of sp³-hybridized carbons (Fsp3) is 0.235. The van der Waals surface area contributed by atoms with E-state index in [9.17, 15) is 13.6 Å². The molecular formula is C17H17F2NO2. The second-order valence-electron chi connectivity index (χ2n) is 5.10. The van der Waals surface area contributed by atoms with Gasteiger partial charge in [0.15, 0.2) is 0 Å². The number of carbonyl (C=O) groups is 1. The molecular weight excluding hydrogens is 288 g/mol. The van der Waals surface area contributed by atoms with Crippen molar-refractivity contribution in [2.75, 3.05) is 5.32 Å². The van der Waals surface area contributed by atoms with Gasteiger partial charge in [0.1, 0.15) is 5.75 Å². The minimum atomic E-state index is -2.92. The fourth-order valence-electron chi connectivity index (χ4n) is 2.12. The quantitative estimate of drug-likeness (QED) is 0.872. The molecule has 5 heteroatoms. The van der Waals surface area contributed by atoms with Crippen molar-refractivity contribution in [1.29, 1.82) is 0 Å². The number of para-hydroxylation sites is 1. The molecule has 0 radical (unpaired) electrons. The lowest BCUT2D eigenvalue weighted by Crippen LogP contribution is -2.14. The Morgan fingerprint density at radius 1 is 1.09 bits per heavy atom. The molecule has 0 aliphatic heterocycles. The van der Waals surface area contributed by atoms with Crippen LogP contribution in [0.1, 0.15) is 35.7 Å². The summed E-state index contributed by atoms with van der Waals surface area (Å²) in [7, 11) is 0. The lowest BCUT2D eigenvalue weighted by Gasteiger charge is -2.14. The van der Waals surface area contributed by atoms with Crippen LogP contribution in [0, 0.1) is 0 Å². The number of hydrogen-bond acceptors (Lipinski definition) is 2. The van der Waals surface area contributed by atoms with Crippen molar-refractivity contribution in [2.45, 2.75) is 26.4 Å².